The Labute approximate surface area is 321 Å². The molecule has 0 aliphatic rings. The third kappa shape index (κ3) is 44.2. The molecule has 0 heterocycles. The van der Waals surface area contributed by atoms with E-state index in [0.29, 0.717) is 0 Å². The normalized spacial score (nSPS) is 12.3. The average molecular weight is 703 g/mol. The first-order valence-electron chi connectivity index (χ1n) is 24.8. The van der Waals surface area contributed by atoms with Crippen LogP contribution in [0.2, 0.25) is 0 Å². The molecular weight excluding hydrogens is 601 g/mol. The molecule has 1 atom stereocenters. The third-order valence-electron chi connectivity index (χ3n) is 12.1. The Hall–Kier alpha value is 0. The zero-order chi connectivity index (χ0) is 36.1. The Morgan fingerprint density at radius 2 is 0.280 bits per heavy atom. The van der Waals surface area contributed by atoms with Crippen LogP contribution in [0, 0.1) is 5.92 Å². The summed E-state index contributed by atoms with van der Waals surface area (Å²) in [5.74, 6) is 1.03. The lowest BCUT2D eigenvalue weighted by Crippen LogP contribution is -2.01. The van der Waals surface area contributed by atoms with Gasteiger partial charge in [-0.15, -0.1) is 0 Å². The van der Waals surface area contributed by atoms with E-state index in [0.717, 1.165) is 5.92 Å². The van der Waals surface area contributed by atoms with Crippen molar-refractivity contribution in [2.75, 3.05) is 0 Å². The molecule has 0 heteroatoms. The summed E-state index contributed by atoms with van der Waals surface area (Å²) in [6, 6.07) is 0. The maximum Gasteiger partial charge on any atom is -0.0414 e. The minimum absolute atomic E-state index is 1.03. The van der Waals surface area contributed by atoms with Gasteiger partial charge < -0.3 is 0 Å². The predicted molar refractivity (Wildman–Crippen MR) is 233 cm³/mol. The lowest BCUT2D eigenvalue weighted by molar-refractivity contribution is 0.365. The zero-order valence-electron chi connectivity index (χ0n) is 36.1. The monoisotopic (exact) mass is 703 g/mol. The van der Waals surface area contributed by atoms with Gasteiger partial charge in [-0.2, -0.15) is 0 Å². The Bertz CT molecular complexity index is 550. The fourth-order valence-electron chi connectivity index (χ4n) is 8.49. The third-order valence-corrected chi connectivity index (χ3v) is 12.1. The van der Waals surface area contributed by atoms with Crippen LogP contribution >= 0.6 is 0 Å². The molecule has 0 bridgehead atoms. The van der Waals surface area contributed by atoms with Gasteiger partial charge in [-0.1, -0.05) is 316 Å². The van der Waals surface area contributed by atoms with E-state index in [-0.39, 0.29) is 0 Å². The SMILES string of the molecule is CCCCCCCCCCCCCCCCCCC(CCCCCCCCCCCCCCC)CCCCCCCCCCCCCCCC. The first kappa shape index (κ1) is 50.0. The molecule has 0 amide bonds. The van der Waals surface area contributed by atoms with Crippen LogP contribution in [-0.4, -0.2) is 0 Å². The van der Waals surface area contributed by atoms with Crippen LogP contribution in [0.3, 0.4) is 0 Å². The summed E-state index contributed by atoms with van der Waals surface area (Å²) in [5, 5.41) is 0. The van der Waals surface area contributed by atoms with Crippen molar-refractivity contribution in [1.82, 2.24) is 0 Å². The van der Waals surface area contributed by atoms with E-state index in [2.05, 4.69) is 20.8 Å². The predicted octanol–water partition coefficient (Wildman–Crippen LogP) is 19.6. The maximum absolute atomic E-state index is 2.32. The number of hydrogen-bond acceptors (Lipinski definition) is 0. The summed E-state index contributed by atoms with van der Waals surface area (Å²) in [5.41, 5.74) is 0. The van der Waals surface area contributed by atoms with Gasteiger partial charge in [0.15, 0.2) is 0 Å². The van der Waals surface area contributed by atoms with Crippen LogP contribution in [0.1, 0.15) is 316 Å². The van der Waals surface area contributed by atoms with Crippen molar-refractivity contribution in [3.8, 4) is 0 Å². The molecule has 0 rings (SSSR count). The van der Waals surface area contributed by atoms with Crippen molar-refractivity contribution in [1.29, 1.82) is 0 Å². The van der Waals surface area contributed by atoms with Crippen molar-refractivity contribution in [3.63, 3.8) is 0 Å². The van der Waals surface area contributed by atoms with Crippen molar-refractivity contribution < 1.29 is 0 Å². The molecule has 0 nitrogen and oxygen atoms in total. The van der Waals surface area contributed by atoms with Gasteiger partial charge in [-0.05, 0) is 5.92 Å². The molecule has 0 aromatic rings. The molecule has 0 fully saturated rings. The molecule has 302 valence electrons. The second kappa shape index (κ2) is 47.0. The molecule has 0 aliphatic carbocycles. The second-order valence-corrected chi connectivity index (χ2v) is 17.4. The summed E-state index contributed by atoms with van der Waals surface area (Å²) < 4.78 is 0. The summed E-state index contributed by atoms with van der Waals surface area (Å²) >= 11 is 0. The lowest BCUT2D eigenvalue weighted by atomic mass is 9.89. The van der Waals surface area contributed by atoms with Gasteiger partial charge in [0.2, 0.25) is 0 Å². The van der Waals surface area contributed by atoms with Gasteiger partial charge in [-0.3, -0.25) is 0 Å². The molecule has 0 aromatic carbocycles. The van der Waals surface area contributed by atoms with E-state index in [4.69, 9.17) is 0 Å². The van der Waals surface area contributed by atoms with Crippen molar-refractivity contribution >= 4 is 0 Å². The van der Waals surface area contributed by atoms with E-state index < -0.39 is 0 Å². The molecule has 50 heavy (non-hydrogen) atoms. The van der Waals surface area contributed by atoms with Crippen LogP contribution in [0.4, 0.5) is 0 Å². The minimum Gasteiger partial charge on any atom is -0.0654 e. The van der Waals surface area contributed by atoms with Crippen LogP contribution in [0.25, 0.3) is 0 Å². The van der Waals surface area contributed by atoms with Gasteiger partial charge in [0, 0.05) is 0 Å². The molecule has 0 spiro atoms. The van der Waals surface area contributed by atoms with Crippen molar-refractivity contribution in [2.45, 2.75) is 316 Å². The summed E-state index contributed by atoms with van der Waals surface area (Å²) in [6.07, 6.45) is 68.3. The lowest BCUT2D eigenvalue weighted by Gasteiger charge is -2.17. The van der Waals surface area contributed by atoms with Crippen LogP contribution in [0.15, 0.2) is 0 Å². The van der Waals surface area contributed by atoms with Gasteiger partial charge in [0.1, 0.15) is 0 Å². The molecule has 0 N–H and O–H groups in total. The summed E-state index contributed by atoms with van der Waals surface area (Å²) in [7, 11) is 0. The summed E-state index contributed by atoms with van der Waals surface area (Å²) in [4.78, 5) is 0. The standard InChI is InChI=1S/C50H102/c1-4-7-10-13-16-19-22-25-27-28-31-34-37-40-43-46-49-50(47-44-41-38-35-32-29-24-21-18-15-12-9-6-3)48-45-42-39-36-33-30-26-23-20-17-14-11-8-5-2/h50H,4-49H2,1-3H3. The van der Waals surface area contributed by atoms with Crippen LogP contribution < -0.4 is 0 Å². The first-order chi connectivity index (χ1) is 24.8. The molecule has 0 aromatic heterocycles. The highest BCUT2D eigenvalue weighted by atomic mass is 14.1. The molecule has 0 saturated carbocycles. The van der Waals surface area contributed by atoms with Crippen LogP contribution in [-0.2, 0) is 0 Å². The Balaban J connectivity index is 3.92. The highest BCUT2D eigenvalue weighted by Gasteiger charge is 2.09. The zero-order valence-corrected chi connectivity index (χ0v) is 36.1. The fraction of sp³-hybridized carbons (Fsp3) is 1.00. The molecule has 0 aliphatic heterocycles. The van der Waals surface area contributed by atoms with Gasteiger partial charge in [-0.25, -0.2) is 0 Å². The largest absolute Gasteiger partial charge is 0.0654 e. The topological polar surface area (TPSA) is 0 Å². The van der Waals surface area contributed by atoms with Gasteiger partial charge in [0.05, 0.1) is 0 Å². The van der Waals surface area contributed by atoms with E-state index in [1.807, 2.05) is 0 Å². The summed E-state index contributed by atoms with van der Waals surface area (Å²) in [6.45, 7) is 6.96. The van der Waals surface area contributed by atoms with Crippen LogP contribution in [0.5, 0.6) is 0 Å². The Morgan fingerprint density at radius 3 is 0.420 bits per heavy atom. The highest BCUT2D eigenvalue weighted by Crippen LogP contribution is 2.25. The molecule has 0 radical (unpaired) electrons. The average Bonchev–Trinajstić information content (AvgIpc) is 3.13. The maximum atomic E-state index is 2.32. The Morgan fingerprint density at radius 1 is 0.160 bits per heavy atom. The van der Waals surface area contributed by atoms with Crippen molar-refractivity contribution in [3.05, 3.63) is 0 Å². The minimum atomic E-state index is 1.03. The first-order valence-corrected chi connectivity index (χ1v) is 24.8. The molecule has 1 unspecified atom stereocenters. The second-order valence-electron chi connectivity index (χ2n) is 17.4. The van der Waals surface area contributed by atoms with Gasteiger partial charge >= 0.3 is 0 Å². The smallest absolute Gasteiger partial charge is 0.0414 e. The fourth-order valence-corrected chi connectivity index (χ4v) is 8.49. The highest BCUT2D eigenvalue weighted by molar-refractivity contribution is 4.63. The Kier molecular flexibility index (Phi) is 47.0. The van der Waals surface area contributed by atoms with Gasteiger partial charge in [0.25, 0.3) is 0 Å². The van der Waals surface area contributed by atoms with E-state index >= 15 is 0 Å². The molecule has 0 saturated heterocycles. The number of rotatable bonds is 46. The number of hydrogen-bond donors (Lipinski definition) is 0. The van der Waals surface area contributed by atoms with Crippen molar-refractivity contribution in [2.24, 2.45) is 5.92 Å². The van der Waals surface area contributed by atoms with E-state index in [1.165, 1.54) is 295 Å². The molecular formula is C50H102. The van der Waals surface area contributed by atoms with E-state index in [1.54, 1.807) is 0 Å². The quantitative estimate of drug-likeness (QED) is 0.0554. The van der Waals surface area contributed by atoms with E-state index in [9.17, 15) is 0 Å². The number of unbranched alkanes of at least 4 members (excludes halogenated alkanes) is 40.